The molecule has 2 heterocycles. The van der Waals surface area contributed by atoms with Crippen LogP contribution in [0.4, 0.5) is 5.13 Å². The maximum atomic E-state index is 11.8. The van der Waals surface area contributed by atoms with E-state index in [1.807, 2.05) is 11.8 Å². The molecule has 0 saturated carbocycles. The second-order valence-corrected chi connectivity index (χ2v) is 5.73. The summed E-state index contributed by atoms with van der Waals surface area (Å²) in [4.78, 5) is 25.1. The Bertz CT molecular complexity index is 490. The zero-order chi connectivity index (χ0) is 14.5. The van der Waals surface area contributed by atoms with Gasteiger partial charge in [0, 0.05) is 6.54 Å². The first-order valence-electron chi connectivity index (χ1n) is 6.78. The first-order valence-corrected chi connectivity index (χ1v) is 7.59. The Morgan fingerprint density at radius 2 is 2.20 bits per heavy atom. The Morgan fingerprint density at radius 3 is 2.90 bits per heavy atom. The molecule has 1 unspecified atom stereocenters. The van der Waals surface area contributed by atoms with Crippen LogP contribution in [0.5, 0.6) is 0 Å². The number of hydrogen-bond acceptors (Lipinski definition) is 7. The van der Waals surface area contributed by atoms with Crippen LogP contribution in [-0.4, -0.2) is 46.0 Å². The van der Waals surface area contributed by atoms with Gasteiger partial charge in [-0.25, -0.2) is 0 Å². The van der Waals surface area contributed by atoms with Crippen LogP contribution in [0.25, 0.3) is 0 Å². The third kappa shape index (κ3) is 3.51. The van der Waals surface area contributed by atoms with E-state index < -0.39 is 0 Å². The van der Waals surface area contributed by atoms with Crippen LogP contribution >= 0.6 is 11.3 Å². The lowest BCUT2D eigenvalue weighted by Gasteiger charge is -2.32. The van der Waals surface area contributed by atoms with Crippen molar-refractivity contribution in [2.45, 2.75) is 39.3 Å². The molecule has 1 aromatic heterocycles. The van der Waals surface area contributed by atoms with Gasteiger partial charge in [-0.3, -0.25) is 19.8 Å². The van der Waals surface area contributed by atoms with Gasteiger partial charge >= 0.3 is 0 Å². The van der Waals surface area contributed by atoms with Crippen molar-refractivity contribution < 1.29 is 9.59 Å². The van der Waals surface area contributed by atoms with Crippen LogP contribution in [-0.2, 0) is 16.1 Å². The lowest BCUT2D eigenvalue weighted by Crippen LogP contribution is -2.57. The summed E-state index contributed by atoms with van der Waals surface area (Å²) in [6, 6.07) is -0.274. The number of carbonyl (C=O) groups excluding carboxylic acids is 2. The van der Waals surface area contributed by atoms with Crippen molar-refractivity contribution in [1.82, 2.24) is 20.4 Å². The summed E-state index contributed by atoms with van der Waals surface area (Å²) < 4.78 is 0. The number of nitrogens with zero attached hydrogens (tertiary/aromatic N) is 3. The van der Waals surface area contributed by atoms with Gasteiger partial charge in [-0.05, 0) is 12.8 Å². The summed E-state index contributed by atoms with van der Waals surface area (Å²) in [6.07, 6.45) is 1.69. The van der Waals surface area contributed by atoms with Crippen LogP contribution < -0.4 is 10.6 Å². The number of anilines is 1. The molecule has 1 aliphatic heterocycles. The minimum atomic E-state index is -0.274. The summed E-state index contributed by atoms with van der Waals surface area (Å²) in [5.74, 6) is -0.480. The van der Waals surface area contributed by atoms with Crippen molar-refractivity contribution in [3.05, 3.63) is 5.01 Å². The standard InChI is InChI=1S/C12H19N5O2S/c1-3-5-13-12-16-15-10(20-12)7-17-6-9(18)14-11(19)8(17)4-2/h8H,3-7H2,1-2H3,(H,13,16)(H,14,18,19). The van der Waals surface area contributed by atoms with E-state index in [2.05, 4.69) is 27.8 Å². The van der Waals surface area contributed by atoms with E-state index in [-0.39, 0.29) is 24.4 Å². The molecule has 0 aromatic carbocycles. The molecule has 1 fully saturated rings. The Morgan fingerprint density at radius 1 is 1.40 bits per heavy atom. The maximum absolute atomic E-state index is 11.8. The van der Waals surface area contributed by atoms with Gasteiger partial charge in [0.2, 0.25) is 16.9 Å². The zero-order valence-corrected chi connectivity index (χ0v) is 12.5. The van der Waals surface area contributed by atoms with Crippen LogP contribution in [0.3, 0.4) is 0 Å². The first kappa shape index (κ1) is 14.9. The predicted molar refractivity (Wildman–Crippen MR) is 76.3 cm³/mol. The first-order chi connectivity index (χ1) is 9.63. The molecule has 0 aliphatic carbocycles. The fourth-order valence-electron chi connectivity index (χ4n) is 2.13. The lowest BCUT2D eigenvalue weighted by atomic mass is 10.1. The number of rotatable bonds is 6. The van der Waals surface area contributed by atoms with E-state index >= 15 is 0 Å². The van der Waals surface area contributed by atoms with Gasteiger partial charge in [0.05, 0.1) is 19.1 Å². The number of nitrogens with one attached hydrogen (secondary N) is 2. The van der Waals surface area contributed by atoms with Crippen molar-refractivity contribution in [3.8, 4) is 0 Å². The largest absolute Gasteiger partial charge is 0.360 e. The molecule has 20 heavy (non-hydrogen) atoms. The molecule has 7 nitrogen and oxygen atoms in total. The van der Waals surface area contributed by atoms with E-state index in [0.29, 0.717) is 13.0 Å². The SMILES string of the molecule is CCCNc1nnc(CN2CC(=O)NC(=O)C2CC)s1. The van der Waals surface area contributed by atoms with Gasteiger partial charge in [0.25, 0.3) is 0 Å². The highest BCUT2D eigenvalue weighted by Gasteiger charge is 2.32. The van der Waals surface area contributed by atoms with E-state index in [9.17, 15) is 9.59 Å². The summed E-state index contributed by atoms with van der Waals surface area (Å²) >= 11 is 1.46. The fraction of sp³-hybridized carbons (Fsp3) is 0.667. The molecule has 8 heteroatoms. The number of amides is 2. The third-order valence-corrected chi connectivity index (χ3v) is 3.94. The average molecular weight is 297 g/mol. The monoisotopic (exact) mass is 297 g/mol. The molecular weight excluding hydrogens is 278 g/mol. The molecule has 0 bridgehead atoms. The van der Waals surface area contributed by atoms with E-state index in [0.717, 1.165) is 23.1 Å². The molecule has 110 valence electrons. The van der Waals surface area contributed by atoms with Crippen molar-refractivity contribution in [2.75, 3.05) is 18.4 Å². The van der Waals surface area contributed by atoms with Crippen molar-refractivity contribution in [3.63, 3.8) is 0 Å². The molecule has 0 radical (unpaired) electrons. The summed E-state index contributed by atoms with van der Waals surface area (Å²) in [5.41, 5.74) is 0. The quantitative estimate of drug-likeness (QED) is 0.748. The number of piperazine rings is 1. The van der Waals surface area contributed by atoms with Crippen LogP contribution in [0.15, 0.2) is 0 Å². The second kappa shape index (κ2) is 6.76. The average Bonchev–Trinajstić information content (AvgIpc) is 2.83. The third-order valence-electron chi connectivity index (χ3n) is 3.07. The summed E-state index contributed by atoms with van der Waals surface area (Å²) in [5, 5.41) is 15.3. The predicted octanol–water partition coefficient (Wildman–Crippen LogP) is 0.597. The molecular formula is C12H19N5O2S. The summed E-state index contributed by atoms with van der Waals surface area (Å²) in [6.45, 7) is 5.57. The van der Waals surface area contributed by atoms with Gasteiger partial charge in [-0.15, -0.1) is 10.2 Å². The van der Waals surface area contributed by atoms with Crippen LogP contribution in [0.2, 0.25) is 0 Å². The number of aromatic nitrogens is 2. The second-order valence-electron chi connectivity index (χ2n) is 4.67. The highest BCUT2D eigenvalue weighted by Crippen LogP contribution is 2.19. The molecule has 1 saturated heterocycles. The Kier molecular flexibility index (Phi) is 5.02. The topological polar surface area (TPSA) is 87.2 Å². The minimum Gasteiger partial charge on any atom is -0.360 e. The van der Waals surface area contributed by atoms with Gasteiger partial charge in [0.1, 0.15) is 5.01 Å². The van der Waals surface area contributed by atoms with Gasteiger partial charge < -0.3 is 5.32 Å². The lowest BCUT2D eigenvalue weighted by molar-refractivity contribution is -0.140. The number of imide groups is 1. The smallest absolute Gasteiger partial charge is 0.243 e. The number of hydrogen-bond donors (Lipinski definition) is 2. The molecule has 0 spiro atoms. The molecule has 2 amide bonds. The fourth-order valence-corrected chi connectivity index (χ4v) is 2.92. The van der Waals surface area contributed by atoms with Crippen molar-refractivity contribution >= 4 is 28.3 Å². The molecule has 1 aliphatic rings. The zero-order valence-electron chi connectivity index (χ0n) is 11.7. The molecule has 1 aromatic rings. The van der Waals surface area contributed by atoms with E-state index in [1.54, 1.807) is 0 Å². The van der Waals surface area contributed by atoms with E-state index in [1.165, 1.54) is 11.3 Å². The Balaban J connectivity index is 2.01. The van der Waals surface area contributed by atoms with Crippen LogP contribution in [0.1, 0.15) is 31.7 Å². The van der Waals surface area contributed by atoms with Gasteiger partial charge in [-0.2, -0.15) is 0 Å². The highest BCUT2D eigenvalue weighted by molar-refractivity contribution is 7.15. The highest BCUT2D eigenvalue weighted by atomic mass is 32.1. The summed E-state index contributed by atoms with van der Waals surface area (Å²) in [7, 11) is 0. The number of carbonyl (C=O) groups is 2. The van der Waals surface area contributed by atoms with Gasteiger partial charge in [-0.1, -0.05) is 25.2 Å². The van der Waals surface area contributed by atoms with E-state index in [4.69, 9.17) is 0 Å². The molecule has 2 N–H and O–H groups in total. The van der Waals surface area contributed by atoms with Crippen molar-refractivity contribution in [1.29, 1.82) is 0 Å². The molecule has 1 atom stereocenters. The van der Waals surface area contributed by atoms with Gasteiger partial charge in [0.15, 0.2) is 0 Å². The minimum absolute atomic E-state index is 0.224. The van der Waals surface area contributed by atoms with Crippen LogP contribution in [0, 0.1) is 0 Å². The molecule has 2 rings (SSSR count). The Labute approximate surface area is 121 Å². The van der Waals surface area contributed by atoms with Crippen molar-refractivity contribution in [2.24, 2.45) is 0 Å². The Hall–Kier alpha value is -1.54. The normalized spacial score (nSPS) is 20.0. The maximum Gasteiger partial charge on any atom is 0.243 e.